The summed E-state index contributed by atoms with van der Waals surface area (Å²) >= 11 is 5.41. The molecule has 144 valence electrons. The Morgan fingerprint density at radius 1 is 0.926 bits per heavy atom. The topological polar surface area (TPSA) is 65.1 Å². The maximum atomic E-state index is 5.41. The summed E-state index contributed by atoms with van der Waals surface area (Å²) in [4.78, 5) is 11.5. The third-order valence-electron chi connectivity index (χ3n) is 5.31. The molecule has 1 heterocycles. The van der Waals surface area contributed by atoms with Gasteiger partial charge in [-0.15, -0.1) is 0 Å². The first-order valence-electron chi connectivity index (χ1n) is 9.86. The number of hydrogen-bond acceptors (Lipinski definition) is 5. The molecule has 2 aromatic rings. The molecule has 0 amide bonds. The molecule has 2 fully saturated rings. The van der Waals surface area contributed by atoms with Gasteiger partial charge < -0.3 is 20.9 Å². The van der Waals surface area contributed by atoms with Crippen molar-refractivity contribution >= 4 is 40.0 Å². The van der Waals surface area contributed by atoms with E-state index in [1.807, 2.05) is 37.2 Å². The maximum absolute atomic E-state index is 5.41. The fourth-order valence-electron chi connectivity index (χ4n) is 3.67. The van der Waals surface area contributed by atoms with Crippen molar-refractivity contribution in [2.45, 2.75) is 56.7 Å². The van der Waals surface area contributed by atoms with Crippen LogP contribution in [0.25, 0.3) is 10.9 Å². The van der Waals surface area contributed by atoms with Crippen LogP contribution < -0.4 is 20.9 Å². The highest BCUT2D eigenvalue weighted by atomic mass is 32.1. The summed E-state index contributed by atoms with van der Waals surface area (Å²) in [6.45, 7) is 0. The van der Waals surface area contributed by atoms with Crippen molar-refractivity contribution < 1.29 is 0 Å². The number of hydrogen-bond donors (Lipinski definition) is 3. The van der Waals surface area contributed by atoms with E-state index in [9.17, 15) is 0 Å². The van der Waals surface area contributed by atoms with E-state index >= 15 is 0 Å². The summed E-state index contributed by atoms with van der Waals surface area (Å²) in [6.07, 6.45) is 6.91. The van der Waals surface area contributed by atoms with Crippen LogP contribution in [0.2, 0.25) is 0 Å². The van der Waals surface area contributed by atoms with Crippen LogP contribution in [0.5, 0.6) is 0 Å². The zero-order valence-electron chi connectivity index (χ0n) is 16.0. The van der Waals surface area contributed by atoms with Crippen LogP contribution in [0, 0.1) is 0 Å². The number of nitrogens with zero attached hydrogens (tertiary/aromatic N) is 3. The first-order chi connectivity index (χ1) is 13.1. The van der Waals surface area contributed by atoms with Crippen molar-refractivity contribution in [3.8, 4) is 0 Å². The summed E-state index contributed by atoms with van der Waals surface area (Å²) in [7, 11) is 4.04. The van der Waals surface area contributed by atoms with Crippen molar-refractivity contribution in [3.05, 3.63) is 24.3 Å². The molecule has 0 spiro atoms. The molecule has 6 nitrogen and oxygen atoms in total. The second-order valence-corrected chi connectivity index (χ2v) is 8.28. The molecule has 0 saturated heterocycles. The van der Waals surface area contributed by atoms with E-state index in [2.05, 4.69) is 22.0 Å². The quantitative estimate of drug-likeness (QED) is 0.685. The van der Waals surface area contributed by atoms with Gasteiger partial charge in [0.25, 0.3) is 0 Å². The Morgan fingerprint density at radius 2 is 1.52 bits per heavy atom. The van der Waals surface area contributed by atoms with Gasteiger partial charge in [-0.25, -0.2) is 4.98 Å². The van der Waals surface area contributed by atoms with Gasteiger partial charge in [0.05, 0.1) is 5.52 Å². The molecule has 0 radical (unpaired) electrons. The number of thiocarbonyl (C=S) groups is 1. The Balaban J connectivity index is 1.36. The predicted molar refractivity (Wildman–Crippen MR) is 115 cm³/mol. The summed E-state index contributed by atoms with van der Waals surface area (Å²) in [5.41, 5.74) is 0.977. The first kappa shape index (κ1) is 18.2. The van der Waals surface area contributed by atoms with E-state index in [0.29, 0.717) is 18.1 Å². The molecule has 2 aliphatic carbocycles. The van der Waals surface area contributed by atoms with Crippen molar-refractivity contribution in [1.29, 1.82) is 0 Å². The monoisotopic (exact) mass is 384 g/mol. The summed E-state index contributed by atoms with van der Waals surface area (Å²) in [6, 6.07) is 9.66. The summed E-state index contributed by atoms with van der Waals surface area (Å²) in [5.74, 6) is 1.68. The lowest BCUT2D eigenvalue weighted by Gasteiger charge is -2.30. The molecule has 4 rings (SSSR count). The number of nitrogens with one attached hydrogen (secondary N) is 3. The average Bonchev–Trinajstić information content (AvgIpc) is 3.46. The molecule has 0 aliphatic heterocycles. The van der Waals surface area contributed by atoms with E-state index in [-0.39, 0.29) is 0 Å². The van der Waals surface area contributed by atoms with Crippen molar-refractivity contribution in [1.82, 2.24) is 20.6 Å². The molecule has 2 aliphatic rings. The number of anilines is 2. The number of rotatable bonds is 5. The largest absolute Gasteiger partial charge is 0.362 e. The minimum Gasteiger partial charge on any atom is -0.362 e. The van der Waals surface area contributed by atoms with E-state index in [1.54, 1.807) is 0 Å². The van der Waals surface area contributed by atoms with Crippen LogP contribution in [0.4, 0.5) is 11.8 Å². The molecule has 0 unspecified atom stereocenters. The van der Waals surface area contributed by atoms with Crippen LogP contribution in [0.3, 0.4) is 0 Å². The van der Waals surface area contributed by atoms with Crippen molar-refractivity contribution in [2.24, 2.45) is 0 Å². The SMILES string of the molecule is CN(C)c1nc(N[C@H]2CC[C@@H](NC(=S)NC3CC3)CC2)nc2ccccc12. The van der Waals surface area contributed by atoms with Gasteiger partial charge in [0.2, 0.25) is 5.95 Å². The van der Waals surface area contributed by atoms with E-state index in [4.69, 9.17) is 22.2 Å². The summed E-state index contributed by atoms with van der Waals surface area (Å²) in [5, 5.41) is 12.3. The Morgan fingerprint density at radius 3 is 2.15 bits per heavy atom. The lowest BCUT2D eigenvalue weighted by atomic mass is 9.91. The molecule has 0 atom stereocenters. The van der Waals surface area contributed by atoms with Crippen molar-refractivity contribution in [2.75, 3.05) is 24.3 Å². The van der Waals surface area contributed by atoms with Crippen LogP contribution >= 0.6 is 12.2 Å². The number of benzene rings is 1. The Hall–Kier alpha value is -2.15. The van der Waals surface area contributed by atoms with Crippen LogP contribution in [-0.4, -0.2) is 47.3 Å². The molecule has 3 N–H and O–H groups in total. The lowest BCUT2D eigenvalue weighted by molar-refractivity contribution is 0.385. The fraction of sp³-hybridized carbons (Fsp3) is 0.550. The fourth-order valence-corrected chi connectivity index (χ4v) is 4.00. The highest BCUT2D eigenvalue weighted by Crippen LogP contribution is 2.26. The molecule has 0 bridgehead atoms. The zero-order chi connectivity index (χ0) is 18.8. The average molecular weight is 385 g/mol. The van der Waals surface area contributed by atoms with Gasteiger partial charge in [-0.3, -0.25) is 0 Å². The third-order valence-corrected chi connectivity index (χ3v) is 5.55. The first-order valence-corrected chi connectivity index (χ1v) is 10.3. The van der Waals surface area contributed by atoms with Crippen LogP contribution in [0.15, 0.2) is 24.3 Å². The van der Waals surface area contributed by atoms with Crippen LogP contribution in [0.1, 0.15) is 38.5 Å². The second kappa shape index (κ2) is 7.84. The lowest BCUT2D eigenvalue weighted by Crippen LogP contribution is -2.45. The maximum Gasteiger partial charge on any atom is 0.225 e. The summed E-state index contributed by atoms with van der Waals surface area (Å²) < 4.78 is 0. The van der Waals surface area contributed by atoms with Crippen molar-refractivity contribution in [3.63, 3.8) is 0 Å². The van der Waals surface area contributed by atoms with Gasteiger partial charge >= 0.3 is 0 Å². The molecule has 1 aromatic heterocycles. The minimum absolute atomic E-state index is 0.407. The van der Waals surface area contributed by atoms with E-state index in [0.717, 1.165) is 53.5 Å². The molecule has 27 heavy (non-hydrogen) atoms. The number of para-hydroxylation sites is 1. The number of fused-ring (bicyclic) bond motifs is 1. The normalized spacial score (nSPS) is 22.3. The molecule has 1 aromatic carbocycles. The Labute approximate surface area is 166 Å². The smallest absolute Gasteiger partial charge is 0.225 e. The standard InChI is InChI=1S/C20H28N6S/c1-26(2)18-16-5-3-4-6-17(16)24-19(25-18)21-13-7-9-14(10-8-13)22-20(27)23-15-11-12-15/h3-6,13-15H,7-12H2,1-2H3,(H,21,24,25)(H2,22,23,27)/t13-,14+. The van der Waals surface area contributed by atoms with E-state index < -0.39 is 0 Å². The third kappa shape index (κ3) is 4.58. The van der Waals surface area contributed by atoms with Gasteiger partial charge in [0.15, 0.2) is 5.11 Å². The Kier molecular flexibility index (Phi) is 5.29. The van der Waals surface area contributed by atoms with Gasteiger partial charge in [0, 0.05) is 37.6 Å². The molecular weight excluding hydrogens is 356 g/mol. The van der Waals surface area contributed by atoms with Crippen LogP contribution in [-0.2, 0) is 0 Å². The second-order valence-electron chi connectivity index (χ2n) is 7.87. The van der Waals surface area contributed by atoms with Gasteiger partial charge in [-0.1, -0.05) is 12.1 Å². The highest BCUT2D eigenvalue weighted by Gasteiger charge is 2.25. The van der Waals surface area contributed by atoms with Gasteiger partial charge in [0.1, 0.15) is 5.82 Å². The Bertz CT molecular complexity index is 811. The van der Waals surface area contributed by atoms with Gasteiger partial charge in [-0.05, 0) is 62.9 Å². The highest BCUT2D eigenvalue weighted by molar-refractivity contribution is 7.80. The molecule has 2 saturated carbocycles. The minimum atomic E-state index is 0.407. The number of aromatic nitrogens is 2. The van der Waals surface area contributed by atoms with Gasteiger partial charge in [-0.2, -0.15) is 4.98 Å². The zero-order valence-corrected chi connectivity index (χ0v) is 16.9. The molecular formula is C20H28N6S. The molecule has 7 heteroatoms. The predicted octanol–water partition coefficient (Wildman–Crippen LogP) is 3.05. The van der Waals surface area contributed by atoms with E-state index in [1.165, 1.54) is 12.8 Å².